The Kier molecular flexibility index (Phi) is 12.6. The number of allylic oxidation sites excluding steroid dienone is 1. The summed E-state index contributed by atoms with van der Waals surface area (Å²) >= 11 is 12.6. The lowest BCUT2D eigenvalue weighted by atomic mass is 9.72. The van der Waals surface area contributed by atoms with Crippen LogP contribution in [0.2, 0.25) is 10.0 Å². The molecule has 2 fully saturated rings. The van der Waals surface area contributed by atoms with Gasteiger partial charge in [-0.15, -0.1) is 0 Å². The maximum absolute atomic E-state index is 13.9. The van der Waals surface area contributed by atoms with E-state index < -0.39 is 28.5 Å². The van der Waals surface area contributed by atoms with Crippen LogP contribution < -0.4 is 19.1 Å². The lowest BCUT2D eigenvalue weighted by Gasteiger charge is -2.39. The van der Waals surface area contributed by atoms with Crippen LogP contribution in [-0.2, 0) is 10.0 Å². The Labute approximate surface area is 363 Å². The second-order valence-electron chi connectivity index (χ2n) is 16.6. The van der Waals surface area contributed by atoms with Crippen molar-refractivity contribution in [3.05, 3.63) is 106 Å². The lowest BCUT2D eigenvalue weighted by molar-refractivity contribution is 0.0926. The Balaban J connectivity index is 0.987. The van der Waals surface area contributed by atoms with E-state index in [-0.39, 0.29) is 45.6 Å². The van der Waals surface area contributed by atoms with E-state index in [0.29, 0.717) is 24.1 Å². The van der Waals surface area contributed by atoms with Gasteiger partial charge in [0.05, 0.1) is 35.4 Å². The Morgan fingerprint density at radius 2 is 1.77 bits per heavy atom. The van der Waals surface area contributed by atoms with Crippen molar-refractivity contribution < 1.29 is 31.5 Å². The van der Waals surface area contributed by atoms with E-state index >= 15 is 0 Å². The number of carbonyl (C=O) groups excluding carboxylic acids is 1. The normalized spacial score (nSPS) is 18.9. The number of carbonyl (C=O) groups is 1. The zero-order chi connectivity index (χ0) is 42.9. The molecule has 5 aromatic rings. The van der Waals surface area contributed by atoms with Gasteiger partial charge < -0.3 is 14.4 Å². The maximum Gasteiger partial charge on any atom is 0.268 e. The van der Waals surface area contributed by atoms with Crippen molar-refractivity contribution in [3.63, 3.8) is 0 Å². The van der Waals surface area contributed by atoms with Crippen molar-refractivity contribution in [1.82, 2.24) is 29.7 Å². The molecule has 3 aliphatic rings. The second kappa shape index (κ2) is 17.9. The molecule has 4 heterocycles. The van der Waals surface area contributed by atoms with E-state index in [0.717, 1.165) is 80.5 Å². The summed E-state index contributed by atoms with van der Waals surface area (Å²) in [6.45, 7) is 8.98. The number of H-pyrrole nitrogens is 1. The number of rotatable bonds is 13. The molecular weight excluding hydrogens is 847 g/mol. The third-order valence-electron chi connectivity index (χ3n) is 11.6. The van der Waals surface area contributed by atoms with Gasteiger partial charge >= 0.3 is 0 Å². The number of aromatic nitrogens is 3. The highest BCUT2D eigenvalue weighted by molar-refractivity contribution is 7.90. The summed E-state index contributed by atoms with van der Waals surface area (Å²) < 4.78 is 67.2. The number of halogens is 4. The first-order valence-electron chi connectivity index (χ1n) is 20.3. The number of pyridine rings is 1. The molecule has 12 nitrogen and oxygen atoms in total. The standard InChI is InChI=1S/C44H47Cl2F2N7O5S/c1-44(2)14-12-29(35(22-44)28-6-8-30(45)9-7-28)25-53-16-18-55(19-17-53)31-10-11-34(40(20-31)60-39-5-3-4-38-36(39)24-50-51-38)42(56)52-61(57,58)33-21-37(46)43(49-23-33)59-32-13-15-54(26-32)27-41(47)48/h3-11,20-21,23-24,32,41H,12-19,22,25-27H2,1-2H3,(H,50,51)(H,52,56). The van der Waals surface area contributed by atoms with Gasteiger partial charge in [0.2, 0.25) is 5.88 Å². The topological polar surface area (TPSA) is 133 Å². The Morgan fingerprint density at radius 3 is 2.52 bits per heavy atom. The number of ether oxygens (including phenoxy) is 2. The summed E-state index contributed by atoms with van der Waals surface area (Å²) in [5.41, 5.74) is 5.87. The second-order valence-corrected chi connectivity index (χ2v) is 19.2. The van der Waals surface area contributed by atoms with E-state index in [2.05, 4.69) is 55.7 Å². The summed E-state index contributed by atoms with van der Waals surface area (Å²) in [7, 11) is -4.48. The number of sulfonamides is 1. The fraction of sp³-hybridized carbons (Fsp3) is 0.386. The Morgan fingerprint density at radius 1 is 0.984 bits per heavy atom. The van der Waals surface area contributed by atoms with E-state index in [1.807, 2.05) is 18.2 Å². The highest BCUT2D eigenvalue weighted by Gasteiger charge is 2.31. The van der Waals surface area contributed by atoms with Gasteiger partial charge in [-0.05, 0) is 84.7 Å². The summed E-state index contributed by atoms with van der Waals surface area (Å²) in [5, 5.41) is 8.35. The molecule has 17 heteroatoms. The number of amides is 1. The number of benzene rings is 3. The third kappa shape index (κ3) is 10.1. The lowest BCUT2D eigenvalue weighted by Crippen LogP contribution is -2.47. The van der Waals surface area contributed by atoms with E-state index in [1.54, 1.807) is 41.4 Å². The van der Waals surface area contributed by atoms with Gasteiger partial charge in [0, 0.05) is 62.6 Å². The first-order chi connectivity index (χ1) is 29.2. The van der Waals surface area contributed by atoms with Crippen molar-refractivity contribution >= 4 is 61.3 Å². The Hall–Kier alpha value is -4.80. The number of piperazine rings is 1. The number of hydrogen-bond donors (Lipinski definition) is 2. The molecule has 1 amide bonds. The van der Waals surface area contributed by atoms with Crippen molar-refractivity contribution in [1.29, 1.82) is 0 Å². The molecular formula is C44H47Cl2F2N7O5S. The number of hydrogen-bond acceptors (Lipinski definition) is 10. The average Bonchev–Trinajstić information content (AvgIpc) is 3.89. The minimum Gasteiger partial charge on any atom is -0.472 e. The van der Waals surface area contributed by atoms with Gasteiger partial charge in [-0.3, -0.25) is 19.7 Å². The molecule has 1 aliphatic carbocycles. The summed E-state index contributed by atoms with van der Waals surface area (Å²) in [4.78, 5) is 23.9. The predicted octanol–water partition coefficient (Wildman–Crippen LogP) is 8.68. The first-order valence-corrected chi connectivity index (χ1v) is 22.5. The number of likely N-dealkylation sites (tertiary alicyclic amines) is 1. The molecule has 1 unspecified atom stereocenters. The van der Waals surface area contributed by atoms with Crippen LogP contribution >= 0.6 is 23.2 Å². The Bertz CT molecular complexity index is 2550. The number of nitrogens with one attached hydrogen (secondary N) is 2. The zero-order valence-corrected chi connectivity index (χ0v) is 36.2. The molecule has 0 radical (unpaired) electrons. The largest absolute Gasteiger partial charge is 0.472 e. The van der Waals surface area contributed by atoms with Crippen LogP contribution in [0.15, 0.2) is 89.6 Å². The average molecular weight is 895 g/mol. The highest BCUT2D eigenvalue weighted by atomic mass is 35.5. The fourth-order valence-corrected chi connectivity index (χ4v) is 9.65. The van der Waals surface area contributed by atoms with Gasteiger partial charge in [-0.1, -0.05) is 60.8 Å². The molecule has 3 aromatic carbocycles. The molecule has 1 atom stereocenters. The van der Waals surface area contributed by atoms with E-state index in [4.69, 9.17) is 32.7 Å². The summed E-state index contributed by atoms with van der Waals surface area (Å²) in [6, 6.07) is 19.8. The number of nitrogens with zero attached hydrogens (tertiary/aromatic N) is 5. The monoisotopic (exact) mass is 893 g/mol. The van der Waals surface area contributed by atoms with Crippen molar-refractivity contribution in [2.45, 2.75) is 57.0 Å². The van der Waals surface area contributed by atoms with Crippen LogP contribution in [0.25, 0.3) is 16.5 Å². The number of aromatic amines is 1. The maximum atomic E-state index is 13.9. The molecule has 0 bridgehead atoms. The SMILES string of the molecule is CC1(C)CCC(CN2CCN(c3ccc(C(=O)NS(=O)(=O)c4cnc(OC5CCN(CC(F)F)C5)c(Cl)c4)c(Oc4cccc5[nH]ncc45)c3)CC2)=C(c2ccc(Cl)cc2)C1. The van der Waals surface area contributed by atoms with Crippen LogP contribution in [-0.4, -0.2) is 104 Å². The fourth-order valence-electron chi connectivity index (χ4n) is 8.32. The van der Waals surface area contributed by atoms with E-state index in [9.17, 15) is 22.0 Å². The number of alkyl halides is 2. The number of anilines is 1. The molecule has 322 valence electrons. The molecule has 0 spiro atoms. The molecule has 2 aromatic heterocycles. The van der Waals surface area contributed by atoms with Gasteiger partial charge in [0.1, 0.15) is 27.5 Å². The smallest absolute Gasteiger partial charge is 0.268 e. The third-order valence-corrected chi connectivity index (χ3v) is 13.4. The first kappa shape index (κ1) is 42.9. The van der Waals surface area contributed by atoms with Gasteiger partial charge in [-0.25, -0.2) is 26.9 Å². The summed E-state index contributed by atoms with van der Waals surface area (Å²) in [6.07, 6.45) is 3.43. The van der Waals surface area contributed by atoms with Gasteiger partial charge in [0.25, 0.3) is 22.4 Å². The molecule has 8 rings (SSSR count). The van der Waals surface area contributed by atoms with Crippen LogP contribution in [0.1, 0.15) is 55.5 Å². The quantitative estimate of drug-likeness (QED) is 0.118. The number of fused-ring (bicyclic) bond motifs is 1. The molecule has 2 N–H and O–H groups in total. The van der Waals surface area contributed by atoms with Crippen molar-refractivity contribution in [3.8, 4) is 17.4 Å². The van der Waals surface area contributed by atoms with Gasteiger partial charge in [-0.2, -0.15) is 5.10 Å². The molecule has 61 heavy (non-hydrogen) atoms. The van der Waals surface area contributed by atoms with Crippen LogP contribution in [0.4, 0.5) is 14.5 Å². The summed E-state index contributed by atoms with van der Waals surface area (Å²) in [5.74, 6) is -0.375. The van der Waals surface area contributed by atoms with E-state index in [1.165, 1.54) is 16.7 Å². The van der Waals surface area contributed by atoms with Crippen molar-refractivity contribution in [2.75, 3.05) is 57.3 Å². The predicted molar refractivity (Wildman–Crippen MR) is 233 cm³/mol. The van der Waals surface area contributed by atoms with Crippen LogP contribution in [0.3, 0.4) is 0 Å². The zero-order valence-electron chi connectivity index (χ0n) is 33.8. The van der Waals surface area contributed by atoms with Crippen molar-refractivity contribution in [2.24, 2.45) is 5.41 Å². The molecule has 2 aliphatic heterocycles. The van der Waals surface area contributed by atoms with Crippen LogP contribution in [0, 0.1) is 5.41 Å². The minimum atomic E-state index is -4.48. The minimum absolute atomic E-state index is 0.0121. The molecule has 2 saturated heterocycles. The van der Waals surface area contributed by atoms with Gasteiger partial charge in [0.15, 0.2) is 0 Å². The highest BCUT2D eigenvalue weighted by Crippen LogP contribution is 2.43. The van der Waals surface area contributed by atoms with Crippen LogP contribution in [0.5, 0.6) is 17.4 Å². The molecule has 0 saturated carbocycles.